The minimum absolute atomic E-state index is 0.0645. The minimum Gasteiger partial charge on any atom is -0.478 e. The third-order valence-corrected chi connectivity index (χ3v) is 2.90. The van der Waals surface area contributed by atoms with Gasteiger partial charge >= 0.3 is 0 Å². The molecular weight excluding hydrogens is 261 g/mol. The fourth-order valence-corrected chi connectivity index (χ4v) is 1.66. The SMILES string of the molecule is Cc1[nH]ncc1CNC(=O)C(C)Oc1ccccc1F. The van der Waals surface area contributed by atoms with E-state index in [-0.39, 0.29) is 11.7 Å². The number of nitrogens with one attached hydrogen (secondary N) is 2. The van der Waals surface area contributed by atoms with Gasteiger partial charge < -0.3 is 10.1 Å². The Balaban J connectivity index is 1.89. The van der Waals surface area contributed by atoms with Gasteiger partial charge in [0.05, 0.1) is 6.20 Å². The number of H-pyrrole nitrogens is 1. The first-order valence-corrected chi connectivity index (χ1v) is 6.25. The first-order chi connectivity index (χ1) is 9.58. The zero-order valence-electron chi connectivity index (χ0n) is 11.3. The number of aryl methyl sites for hydroxylation is 1. The summed E-state index contributed by atoms with van der Waals surface area (Å²) in [5, 5.41) is 9.37. The lowest BCUT2D eigenvalue weighted by Gasteiger charge is -2.15. The van der Waals surface area contributed by atoms with Crippen LogP contribution in [0.25, 0.3) is 0 Å². The van der Waals surface area contributed by atoms with Crippen LogP contribution in [0.4, 0.5) is 4.39 Å². The van der Waals surface area contributed by atoms with Crippen LogP contribution >= 0.6 is 0 Å². The maximum Gasteiger partial charge on any atom is 0.261 e. The van der Waals surface area contributed by atoms with Crippen molar-refractivity contribution in [1.29, 1.82) is 0 Å². The lowest BCUT2D eigenvalue weighted by molar-refractivity contribution is -0.127. The molecule has 0 aliphatic heterocycles. The summed E-state index contributed by atoms with van der Waals surface area (Å²) in [6.45, 7) is 3.80. The van der Waals surface area contributed by atoms with E-state index in [9.17, 15) is 9.18 Å². The number of para-hydroxylation sites is 1. The lowest BCUT2D eigenvalue weighted by atomic mass is 10.2. The molecule has 5 nitrogen and oxygen atoms in total. The first kappa shape index (κ1) is 14.0. The van der Waals surface area contributed by atoms with Crippen molar-refractivity contribution < 1.29 is 13.9 Å². The Hall–Kier alpha value is -2.37. The van der Waals surface area contributed by atoms with E-state index in [1.807, 2.05) is 6.92 Å². The normalized spacial score (nSPS) is 11.9. The Morgan fingerprint density at radius 1 is 1.50 bits per heavy atom. The number of hydrogen-bond acceptors (Lipinski definition) is 3. The Bertz CT molecular complexity index is 598. The Morgan fingerprint density at radius 3 is 2.90 bits per heavy atom. The molecular formula is C14H16FN3O2. The van der Waals surface area contributed by atoms with Crippen molar-refractivity contribution in [1.82, 2.24) is 15.5 Å². The monoisotopic (exact) mass is 277 g/mol. The summed E-state index contributed by atoms with van der Waals surface area (Å²) in [5.41, 5.74) is 1.80. The molecule has 1 unspecified atom stereocenters. The summed E-state index contributed by atoms with van der Waals surface area (Å²) in [5.74, 6) is -0.735. The second-order valence-corrected chi connectivity index (χ2v) is 4.43. The first-order valence-electron chi connectivity index (χ1n) is 6.25. The number of amides is 1. The van der Waals surface area contributed by atoms with Crippen molar-refractivity contribution in [2.75, 3.05) is 0 Å². The lowest BCUT2D eigenvalue weighted by Crippen LogP contribution is -2.36. The van der Waals surface area contributed by atoms with Gasteiger partial charge in [0, 0.05) is 17.8 Å². The van der Waals surface area contributed by atoms with Crippen LogP contribution in [-0.4, -0.2) is 22.2 Å². The van der Waals surface area contributed by atoms with Gasteiger partial charge in [-0.1, -0.05) is 12.1 Å². The molecule has 0 bridgehead atoms. The summed E-state index contributed by atoms with van der Waals surface area (Å²) in [7, 11) is 0. The third kappa shape index (κ3) is 3.34. The van der Waals surface area contributed by atoms with E-state index in [1.165, 1.54) is 12.1 Å². The van der Waals surface area contributed by atoms with E-state index < -0.39 is 11.9 Å². The van der Waals surface area contributed by atoms with Gasteiger partial charge in [0.2, 0.25) is 0 Å². The van der Waals surface area contributed by atoms with Gasteiger partial charge in [0.15, 0.2) is 17.7 Å². The van der Waals surface area contributed by atoms with Crippen molar-refractivity contribution >= 4 is 5.91 Å². The second-order valence-electron chi connectivity index (χ2n) is 4.43. The number of halogens is 1. The average molecular weight is 277 g/mol. The molecule has 1 heterocycles. The molecule has 2 N–H and O–H groups in total. The minimum atomic E-state index is -0.779. The number of carbonyl (C=O) groups is 1. The van der Waals surface area contributed by atoms with E-state index in [0.29, 0.717) is 6.54 Å². The highest BCUT2D eigenvalue weighted by Crippen LogP contribution is 2.17. The molecule has 2 rings (SSSR count). The van der Waals surface area contributed by atoms with Gasteiger partial charge in [0.25, 0.3) is 5.91 Å². The molecule has 106 valence electrons. The molecule has 1 atom stereocenters. The van der Waals surface area contributed by atoms with Crippen LogP contribution in [0.2, 0.25) is 0 Å². The number of hydrogen-bond donors (Lipinski definition) is 2. The zero-order valence-corrected chi connectivity index (χ0v) is 11.3. The summed E-state index contributed by atoms with van der Waals surface area (Å²) in [6, 6.07) is 5.99. The third-order valence-electron chi connectivity index (χ3n) is 2.90. The molecule has 6 heteroatoms. The van der Waals surface area contributed by atoms with Crippen molar-refractivity contribution in [3.8, 4) is 5.75 Å². The van der Waals surface area contributed by atoms with Gasteiger partial charge in [-0.25, -0.2) is 4.39 Å². The molecule has 20 heavy (non-hydrogen) atoms. The molecule has 0 fully saturated rings. The highest BCUT2D eigenvalue weighted by atomic mass is 19.1. The van der Waals surface area contributed by atoms with Crippen LogP contribution in [0.3, 0.4) is 0 Å². The van der Waals surface area contributed by atoms with E-state index in [1.54, 1.807) is 25.3 Å². The number of benzene rings is 1. The standard InChI is InChI=1S/C14H16FN3O2/c1-9-11(8-17-18-9)7-16-14(19)10(2)20-13-6-4-3-5-12(13)15/h3-6,8,10H,7H2,1-2H3,(H,16,19)(H,17,18). The Labute approximate surface area is 116 Å². The molecule has 0 aliphatic carbocycles. The van der Waals surface area contributed by atoms with Gasteiger partial charge in [0.1, 0.15) is 0 Å². The molecule has 1 amide bonds. The smallest absolute Gasteiger partial charge is 0.261 e. The summed E-state index contributed by atoms with van der Waals surface area (Å²) in [4.78, 5) is 11.9. The summed E-state index contributed by atoms with van der Waals surface area (Å²) in [6.07, 6.45) is 0.872. The van der Waals surface area contributed by atoms with Gasteiger partial charge in [-0.15, -0.1) is 0 Å². The number of aromatic nitrogens is 2. The molecule has 0 radical (unpaired) electrons. The fourth-order valence-electron chi connectivity index (χ4n) is 1.66. The topological polar surface area (TPSA) is 67.0 Å². The molecule has 0 aliphatic rings. The molecule has 1 aromatic heterocycles. The quantitative estimate of drug-likeness (QED) is 0.877. The summed E-state index contributed by atoms with van der Waals surface area (Å²) < 4.78 is 18.7. The van der Waals surface area contributed by atoms with Gasteiger partial charge in [-0.2, -0.15) is 5.10 Å². The van der Waals surface area contributed by atoms with E-state index >= 15 is 0 Å². The van der Waals surface area contributed by atoms with Crippen LogP contribution in [0, 0.1) is 12.7 Å². The molecule has 2 aromatic rings. The Morgan fingerprint density at radius 2 is 2.25 bits per heavy atom. The fraction of sp³-hybridized carbons (Fsp3) is 0.286. The van der Waals surface area contributed by atoms with Crippen molar-refractivity contribution in [2.45, 2.75) is 26.5 Å². The predicted molar refractivity (Wildman–Crippen MR) is 71.7 cm³/mol. The van der Waals surface area contributed by atoms with Crippen molar-refractivity contribution in [3.05, 3.63) is 47.5 Å². The number of rotatable bonds is 5. The van der Waals surface area contributed by atoms with Crippen LogP contribution in [-0.2, 0) is 11.3 Å². The van der Waals surface area contributed by atoms with Gasteiger partial charge in [-0.3, -0.25) is 9.89 Å². The van der Waals surface area contributed by atoms with E-state index in [4.69, 9.17) is 4.74 Å². The number of aromatic amines is 1. The molecule has 0 saturated heterocycles. The Kier molecular flexibility index (Phi) is 4.34. The highest BCUT2D eigenvalue weighted by Gasteiger charge is 2.16. The number of nitrogens with zero attached hydrogens (tertiary/aromatic N) is 1. The van der Waals surface area contributed by atoms with Crippen LogP contribution in [0.15, 0.2) is 30.5 Å². The summed E-state index contributed by atoms with van der Waals surface area (Å²) >= 11 is 0. The largest absolute Gasteiger partial charge is 0.478 e. The van der Waals surface area contributed by atoms with Crippen molar-refractivity contribution in [3.63, 3.8) is 0 Å². The predicted octanol–water partition coefficient (Wildman–Crippen LogP) is 1.94. The zero-order chi connectivity index (χ0) is 14.5. The van der Waals surface area contributed by atoms with Gasteiger partial charge in [-0.05, 0) is 26.0 Å². The van der Waals surface area contributed by atoms with Crippen LogP contribution < -0.4 is 10.1 Å². The van der Waals surface area contributed by atoms with Crippen LogP contribution in [0.5, 0.6) is 5.75 Å². The van der Waals surface area contributed by atoms with E-state index in [0.717, 1.165) is 11.3 Å². The average Bonchev–Trinajstić information content (AvgIpc) is 2.84. The molecule has 1 aromatic carbocycles. The second kappa shape index (κ2) is 6.18. The van der Waals surface area contributed by atoms with Crippen LogP contribution in [0.1, 0.15) is 18.2 Å². The number of ether oxygens (including phenoxy) is 1. The highest BCUT2D eigenvalue weighted by molar-refractivity contribution is 5.80. The van der Waals surface area contributed by atoms with E-state index in [2.05, 4.69) is 15.5 Å². The molecule has 0 saturated carbocycles. The number of carbonyl (C=O) groups excluding carboxylic acids is 1. The maximum atomic E-state index is 13.4. The van der Waals surface area contributed by atoms with Crippen molar-refractivity contribution in [2.24, 2.45) is 0 Å². The molecule has 0 spiro atoms. The maximum absolute atomic E-state index is 13.4.